The fourth-order valence-corrected chi connectivity index (χ4v) is 3.62. The number of hydrogen-bond acceptors (Lipinski definition) is 3. The van der Waals surface area contributed by atoms with Crippen LogP contribution >= 0.6 is 0 Å². The molecule has 0 radical (unpaired) electrons. The van der Waals surface area contributed by atoms with Crippen LogP contribution in [0.3, 0.4) is 0 Å². The Hall–Kier alpha value is -3.15. The fourth-order valence-electron chi connectivity index (χ4n) is 3.62. The number of likely N-dealkylation sites (tertiary alicyclic amines) is 1. The molecule has 0 saturated carbocycles. The molecule has 0 unspecified atom stereocenters. The number of aliphatic carboxylic acids is 2. The van der Waals surface area contributed by atoms with Gasteiger partial charge >= 0.3 is 11.9 Å². The molecule has 3 rings (SSSR count). The molecule has 154 valence electrons. The van der Waals surface area contributed by atoms with E-state index in [1.165, 1.54) is 24.0 Å². The Labute approximate surface area is 171 Å². The number of carboxylic acid groups (broad SMARTS) is 2. The van der Waals surface area contributed by atoms with Gasteiger partial charge in [-0.3, -0.25) is 4.99 Å². The Balaban J connectivity index is 0.000000438. The third-order valence-corrected chi connectivity index (χ3v) is 4.97. The predicted molar refractivity (Wildman–Crippen MR) is 113 cm³/mol. The van der Waals surface area contributed by atoms with Crippen LogP contribution in [0.2, 0.25) is 0 Å². The van der Waals surface area contributed by atoms with E-state index in [-0.39, 0.29) is 0 Å². The van der Waals surface area contributed by atoms with E-state index in [0.717, 1.165) is 19.6 Å². The average molecular weight is 396 g/mol. The molecule has 1 heterocycles. The summed E-state index contributed by atoms with van der Waals surface area (Å²) in [5, 5.41) is 14.8. The first-order valence-electron chi connectivity index (χ1n) is 9.83. The van der Waals surface area contributed by atoms with Gasteiger partial charge < -0.3 is 15.1 Å². The molecule has 1 fully saturated rings. The van der Waals surface area contributed by atoms with Crippen molar-refractivity contribution in [3.63, 3.8) is 0 Å². The van der Waals surface area contributed by atoms with E-state index in [9.17, 15) is 0 Å². The van der Waals surface area contributed by atoms with Crippen molar-refractivity contribution in [2.45, 2.75) is 25.7 Å². The molecule has 29 heavy (non-hydrogen) atoms. The number of piperidine rings is 1. The molecule has 1 aliphatic heterocycles. The lowest BCUT2D eigenvalue weighted by Gasteiger charge is -2.36. The van der Waals surface area contributed by atoms with Crippen molar-refractivity contribution in [1.82, 2.24) is 4.90 Å². The van der Waals surface area contributed by atoms with Gasteiger partial charge in [0.05, 0.1) is 6.34 Å². The van der Waals surface area contributed by atoms with Gasteiger partial charge in [-0.25, -0.2) is 9.59 Å². The van der Waals surface area contributed by atoms with Crippen LogP contribution in [0.5, 0.6) is 0 Å². The van der Waals surface area contributed by atoms with E-state index >= 15 is 0 Å². The van der Waals surface area contributed by atoms with E-state index in [2.05, 4.69) is 77.5 Å². The molecule has 0 atom stereocenters. The van der Waals surface area contributed by atoms with Gasteiger partial charge in [0, 0.05) is 25.6 Å². The zero-order valence-electron chi connectivity index (χ0n) is 16.6. The number of carbonyl (C=O) groups is 2. The van der Waals surface area contributed by atoms with Crippen molar-refractivity contribution in [2.24, 2.45) is 10.9 Å². The van der Waals surface area contributed by atoms with E-state index < -0.39 is 11.9 Å². The largest absolute Gasteiger partial charge is 0.473 e. The lowest BCUT2D eigenvalue weighted by molar-refractivity contribution is -0.159. The van der Waals surface area contributed by atoms with Crippen molar-refractivity contribution in [2.75, 3.05) is 19.6 Å². The molecular weight excluding hydrogens is 368 g/mol. The molecule has 0 aromatic heterocycles. The molecule has 1 saturated heterocycles. The first kappa shape index (κ1) is 22.1. The zero-order chi connectivity index (χ0) is 21.1. The molecule has 2 aromatic rings. The quantitative estimate of drug-likeness (QED) is 0.457. The second kappa shape index (κ2) is 11.6. The standard InChI is InChI=1S/C21H26N2.C2H2O4/c1-2-22-17-23-15-13-20(14-16-23)21(18-9-5-3-6-10-18)19-11-7-4-8-12-19;3-1(4)2(5)6/h3-12,17,20-21H,2,13-16H2,1H3;(H,3,4)(H,5,6). The maximum absolute atomic E-state index is 9.10. The molecular formula is C23H28N2O4. The average Bonchev–Trinajstić information content (AvgIpc) is 2.75. The second-order valence-electron chi connectivity index (χ2n) is 6.90. The highest BCUT2D eigenvalue weighted by molar-refractivity contribution is 6.27. The van der Waals surface area contributed by atoms with Crippen LogP contribution in [0.15, 0.2) is 65.7 Å². The fraction of sp³-hybridized carbons (Fsp3) is 0.348. The SMILES string of the molecule is CCN=CN1CCC(C(c2ccccc2)c2ccccc2)CC1.O=C(O)C(=O)O. The Kier molecular flexibility index (Phi) is 8.89. The minimum atomic E-state index is -1.82. The monoisotopic (exact) mass is 396 g/mol. The zero-order valence-corrected chi connectivity index (χ0v) is 16.6. The van der Waals surface area contributed by atoms with E-state index in [4.69, 9.17) is 19.8 Å². The van der Waals surface area contributed by atoms with Crippen LogP contribution in [-0.2, 0) is 9.59 Å². The molecule has 2 aromatic carbocycles. The third kappa shape index (κ3) is 7.07. The minimum Gasteiger partial charge on any atom is -0.473 e. The molecule has 2 N–H and O–H groups in total. The Bertz CT molecular complexity index is 734. The number of aliphatic imine (C=N–C) groups is 1. The van der Waals surface area contributed by atoms with Crippen molar-refractivity contribution in [1.29, 1.82) is 0 Å². The van der Waals surface area contributed by atoms with Crippen molar-refractivity contribution in [3.8, 4) is 0 Å². The first-order valence-corrected chi connectivity index (χ1v) is 9.83. The van der Waals surface area contributed by atoms with Gasteiger partial charge in [0.2, 0.25) is 0 Å². The van der Waals surface area contributed by atoms with E-state index in [1.54, 1.807) is 0 Å². The van der Waals surface area contributed by atoms with Crippen molar-refractivity contribution in [3.05, 3.63) is 71.8 Å². The predicted octanol–water partition coefficient (Wildman–Crippen LogP) is 3.73. The van der Waals surface area contributed by atoms with Crippen LogP contribution in [0, 0.1) is 5.92 Å². The molecule has 6 heteroatoms. The number of rotatable bonds is 5. The topological polar surface area (TPSA) is 90.2 Å². The molecule has 1 aliphatic rings. The van der Waals surface area contributed by atoms with Crippen molar-refractivity contribution < 1.29 is 19.8 Å². The summed E-state index contributed by atoms with van der Waals surface area (Å²) in [6, 6.07) is 22.0. The molecule has 0 bridgehead atoms. The highest BCUT2D eigenvalue weighted by atomic mass is 16.4. The van der Waals surface area contributed by atoms with Gasteiger partial charge in [-0.15, -0.1) is 0 Å². The summed E-state index contributed by atoms with van der Waals surface area (Å²) < 4.78 is 0. The summed E-state index contributed by atoms with van der Waals surface area (Å²) in [6.45, 7) is 5.19. The summed E-state index contributed by atoms with van der Waals surface area (Å²) in [6.07, 6.45) is 4.49. The van der Waals surface area contributed by atoms with Gasteiger partial charge in [-0.1, -0.05) is 60.7 Å². The summed E-state index contributed by atoms with van der Waals surface area (Å²) in [7, 11) is 0. The number of benzene rings is 2. The van der Waals surface area contributed by atoms with Crippen LogP contribution < -0.4 is 0 Å². The normalized spacial score (nSPS) is 14.5. The van der Waals surface area contributed by atoms with Gasteiger partial charge in [-0.2, -0.15) is 0 Å². The van der Waals surface area contributed by atoms with E-state index in [1.807, 2.05) is 6.34 Å². The minimum absolute atomic E-state index is 0.502. The summed E-state index contributed by atoms with van der Waals surface area (Å²) >= 11 is 0. The summed E-state index contributed by atoms with van der Waals surface area (Å²) in [5.74, 6) is -2.45. The van der Waals surface area contributed by atoms with Crippen LogP contribution in [-0.4, -0.2) is 53.0 Å². The summed E-state index contributed by atoms with van der Waals surface area (Å²) in [5.41, 5.74) is 2.89. The van der Waals surface area contributed by atoms with Crippen LogP contribution in [0.1, 0.15) is 36.8 Å². The lowest BCUT2D eigenvalue weighted by Crippen LogP contribution is -2.35. The molecule has 6 nitrogen and oxygen atoms in total. The Morgan fingerprint density at radius 3 is 1.79 bits per heavy atom. The second-order valence-corrected chi connectivity index (χ2v) is 6.90. The molecule has 0 spiro atoms. The third-order valence-electron chi connectivity index (χ3n) is 4.97. The summed E-state index contributed by atoms with van der Waals surface area (Å²) in [4.78, 5) is 24.9. The van der Waals surface area contributed by atoms with Gasteiger partial charge in [-0.05, 0) is 36.8 Å². The van der Waals surface area contributed by atoms with E-state index in [0.29, 0.717) is 11.8 Å². The maximum atomic E-state index is 9.10. The maximum Gasteiger partial charge on any atom is 0.414 e. The van der Waals surface area contributed by atoms with Gasteiger partial charge in [0.1, 0.15) is 0 Å². The Morgan fingerprint density at radius 2 is 1.41 bits per heavy atom. The number of nitrogens with zero attached hydrogens (tertiary/aromatic N) is 2. The van der Waals surface area contributed by atoms with Crippen molar-refractivity contribution >= 4 is 18.3 Å². The highest BCUT2D eigenvalue weighted by Gasteiger charge is 2.28. The molecule has 0 amide bonds. The molecule has 0 aliphatic carbocycles. The highest BCUT2D eigenvalue weighted by Crippen LogP contribution is 2.37. The smallest absolute Gasteiger partial charge is 0.414 e. The first-order chi connectivity index (χ1) is 14.0. The Morgan fingerprint density at radius 1 is 0.966 bits per heavy atom. The number of hydrogen-bond donors (Lipinski definition) is 2. The van der Waals surface area contributed by atoms with Crippen LogP contribution in [0.4, 0.5) is 0 Å². The lowest BCUT2D eigenvalue weighted by atomic mass is 9.76. The van der Waals surface area contributed by atoms with Gasteiger partial charge in [0.25, 0.3) is 0 Å². The van der Waals surface area contributed by atoms with Crippen LogP contribution in [0.25, 0.3) is 0 Å². The van der Waals surface area contributed by atoms with Gasteiger partial charge in [0.15, 0.2) is 0 Å². The number of carboxylic acids is 2.